The molecule has 0 unspecified atom stereocenters. The molecule has 2 aromatic rings. The molecule has 2 fully saturated rings. The topological polar surface area (TPSA) is 110 Å². The molecule has 0 aliphatic carbocycles. The van der Waals surface area contributed by atoms with E-state index in [-0.39, 0.29) is 17.9 Å². The van der Waals surface area contributed by atoms with Gasteiger partial charge in [0.05, 0.1) is 29.2 Å². The van der Waals surface area contributed by atoms with Crippen LogP contribution in [0.2, 0.25) is 0 Å². The molecule has 4 rings (SSSR count). The maximum absolute atomic E-state index is 13.5. The number of nitrogens with zero attached hydrogens (tertiary/aromatic N) is 5. The lowest BCUT2D eigenvalue weighted by atomic mass is 9.91. The molecular formula is C21H29N5O4S. The number of carbonyl (C=O) groups excluding carboxylic acids is 1. The maximum Gasteiger partial charge on any atom is 0.226 e. The molecule has 1 amide bonds. The second-order valence-electron chi connectivity index (χ2n) is 8.53. The van der Waals surface area contributed by atoms with Gasteiger partial charge in [-0.15, -0.1) is 0 Å². The van der Waals surface area contributed by atoms with Crippen molar-refractivity contribution < 1.29 is 17.7 Å². The van der Waals surface area contributed by atoms with Crippen molar-refractivity contribution in [3.05, 3.63) is 29.5 Å². The summed E-state index contributed by atoms with van der Waals surface area (Å²) in [5, 5.41) is 3.99. The van der Waals surface area contributed by atoms with Gasteiger partial charge in [0.1, 0.15) is 5.82 Å². The highest BCUT2D eigenvalue weighted by Gasteiger charge is 2.37. The second-order valence-corrected chi connectivity index (χ2v) is 10.5. The Morgan fingerprint density at radius 3 is 2.52 bits per heavy atom. The molecule has 2 aromatic heterocycles. The summed E-state index contributed by atoms with van der Waals surface area (Å²) in [6, 6.07) is 1.70. The molecule has 0 saturated carbocycles. The summed E-state index contributed by atoms with van der Waals surface area (Å²) < 4.78 is 30.6. The monoisotopic (exact) mass is 447 g/mol. The lowest BCUT2D eigenvalue weighted by Gasteiger charge is -2.39. The van der Waals surface area contributed by atoms with Gasteiger partial charge in [0.2, 0.25) is 15.9 Å². The third kappa shape index (κ3) is 4.64. The SMILES string of the molecule is Cc1cc(-c2cnc(C)nc2[C@H]2CCCCN2C(=O)C2CCN(S(C)(=O)=O)CC2)on1. The van der Waals surface area contributed by atoms with Crippen molar-refractivity contribution in [2.75, 3.05) is 25.9 Å². The largest absolute Gasteiger partial charge is 0.356 e. The molecule has 31 heavy (non-hydrogen) atoms. The molecule has 2 aliphatic rings. The standard InChI is InChI=1S/C21H29N5O4S/c1-14-12-19(30-24-14)17-13-22-15(2)23-20(17)18-6-4-5-9-26(18)21(27)16-7-10-25(11-8-16)31(3,28)29/h12-13,16,18H,4-11H2,1-3H3/t18-/m1/s1. The Kier molecular flexibility index (Phi) is 6.11. The molecule has 0 spiro atoms. The Balaban J connectivity index is 1.60. The van der Waals surface area contributed by atoms with E-state index < -0.39 is 10.0 Å². The average molecular weight is 448 g/mol. The highest BCUT2D eigenvalue weighted by Crippen LogP contribution is 2.37. The first-order valence-electron chi connectivity index (χ1n) is 10.8. The van der Waals surface area contributed by atoms with E-state index in [1.54, 1.807) is 6.20 Å². The fourth-order valence-corrected chi connectivity index (χ4v) is 5.44. The number of carbonyl (C=O) groups is 1. The Morgan fingerprint density at radius 2 is 1.87 bits per heavy atom. The van der Waals surface area contributed by atoms with E-state index in [9.17, 15) is 13.2 Å². The molecule has 10 heteroatoms. The van der Waals surface area contributed by atoms with Crippen LogP contribution >= 0.6 is 0 Å². The van der Waals surface area contributed by atoms with Crippen molar-refractivity contribution in [1.29, 1.82) is 0 Å². The number of sulfonamides is 1. The van der Waals surface area contributed by atoms with Crippen LogP contribution in [-0.4, -0.2) is 64.5 Å². The molecule has 0 aromatic carbocycles. The number of aryl methyl sites for hydroxylation is 2. The van der Waals surface area contributed by atoms with E-state index in [0.29, 0.717) is 44.1 Å². The predicted octanol–water partition coefficient (Wildman–Crippen LogP) is 2.47. The summed E-state index contributed by atoms with van der Waals surface area (Å²) in [4.78, 5) is 24.5. The van der Waals surface area contributed by atoms with Gasteiger partial charge in [0.15, 0.2) is 5.76 Å². The average Bonchev–Trinajstić information content (AvgIpc) is 3.18. The zero-order valence-electron chi connectivity index (χ0n) is 18.2. The number of rotatable bonds is 4. The van der Waals surface area contributed by atoms with Crippen molar-refractivity contribution in [3.8, 4) is 11.3 Å². The lowest BCUT2D eigenvalue weighted by molar-refractivity contribution is -0.140. The van der Waals surface area contributed by atoms with Gasteiger partial charge in [0.25, 0.3) is 0 Å². The lowest BCUT2D eigenvalue weighted by Crippen LogP contribution is -2.46. The molecule has 1 atom stereocenters. The summed E-state index contributed by atoms with van der Waals surface area (Å²) in [5.74, 6) is 1.17. The third-order valence-corrected chi connectivity index (χ3v) is 7.51. The van der Waals surface area contributed by atoms with Gasteiger partial charge in [-0.3, -0.25) is 4.79 Å². The molecule has 0 N–H and O–H groups in total. The van der Waals surface area contributed by atoms with Gasteiger partial charge < -0.3 is 9.42 Å². The van der Waals surface area contributed by atoms with E-state index >= 15 is 0 Å². The van der Waals surface area contributed by atoms with Crippen LogP contribution in [0.5, 0.6) is 0 Å². The van der Waals surface area contributed by atoms with Crippen LogP contribution < -0.4 is 0 Å². The van der Waals surface area contributed by atoms with Crippen LogP contribution in [0.25, 0.3) is 11.3 Å². The van der Waals surface area contributed by atoms with E-state index in [2.05, 4.69) is 10.1 Å². The van der Waals surface area contributed by atoms with Crippen molar-refractivity contribution >= 4 is 15.9 Å². The van der Waals surface area contributed by atoms with Crippen molar-refractivity contribution in [2.45, 2.75) is 52.0 Å². The van der Waals surface area contributed by atoms with Crippen LogP contribution in [-0.2, 0) is 14.8 Å². The molecule has 2 aliphatic heterocycles. The molecule has 9 nitrogen and oxygen atoms in total. The number of likely N-dealkylation sites (tertiary alicyclic amines) is 1. The fourth-order valence-electron chi connectivity index (χ4n) is 4.57. The van der Waals surface area contributed by atoms with Crippen LogP contribution in [0.1, 0.15) is 55.4 Å². The number of aromatic nitrogens is 3. The van der Waals surface area contributed by atoms with Gasteiger partial charge in [-0.05, 0) is 46.0 Å². The Hall–Kier alpha value is -2.33. The second kappa shape index (κ2) is 8.66. The maximum atomic E-state index is 13.5. The normalized spacial score (nSPS) is 21.4. The van der Waals surface area contributed by atoms with Gasteiger partial charge in [0, 0.05) is 37.8 Å². The molecule has 4 heterocycles. The summed E-state index contributed by atoms with van der Waals surface area (Å²) >= 11 is 0. The fraction of sp³-hybridized carbons (Fsp3) is 0.619. The van der Waals surface area contributed by atoms with Crippen LogP contribution in [0.4, 0.5) is 0 Å². The summed E-state index contributed by atoms with van der Waals surface area (Å²) in [5.41, 5.74) is 2.34. The zero-order valence-corrected chi connectivity index (χ0v) is 19.1. The van der Waals surface area contributed by atoms with Gasteiger partial charge in [-0.2, -0.15) is 0 Å². The van der Waals surface area contributed by atoms with E-state index in [1.807, 2.05) is 24.8 Å². The Labute approximate surface area is 182 Å². The smallest absolute Gasteiger partial charge is 0.226 e. The number of hydrogen-bond donors (Lipinski definition) is 0. The Bertz CT molecular complexity index is 1060. The minimum absolute atomic E-state index is 0.0915. The van der Waals surface area contributed by atoms with Gasteiger partial charge in [-0.1, -0.05) is 5.16 Å². The van der Waals surface area contributed by atoms with Crippen molar-refractivity contribution in [2.24, 2.45) is 5.92 Å². The highest BCUT2D eigenvalue weighted by molar-refractivity contribution is 7.88. The van der Waals surface area contributed by atoms with E-state index in [0.717, 1.165) is 36.2 Å². The minimum Gasteiger partial charge on any atom is -0.356 e. The van der Waals surface area contributed by atoms with Crippen LogP contribution in [0.3, 0.4) is 0 Å². The number of amides is 1. The third-order valence-electron chi connectivity index (χ3n) is 6.21. The first-order chi connectivity index (χ1) is 14.7. The predicted molar refractivity (Wildman–Crippen MR) is 114 cm³/mol. The zero-order chi connectivity index (χ0) is 22.2. The number of piperidine rings is 2. The molecule has 168 valence electrons. The summed E-state index contributed by atoms with van der Waals surface area (Å²) in [6.07, 6.45) is 6.85. The molecule has 2 saturated heterocycles. The van der Waals surface area contributed by atoms with Gasteiger partial charge >= 0.3 is 0 Å². The van der Waals surface area contributed by atoms with Crippen molar-refractivity contribution in [1.82, 2.24) is 24.3 Å². The van der Waals surface area contributed by atoms with Gasteiger partial charge in [-0.25, -0.2) is 22.7 Å². The first kappa shape index (κ1) is 21.9. The minimum atomic E-state index is -3.22. The highest BCUT2D eigenvalue weighted by atomic mass is 32.2. The molecular weight excluding hydrogens is 418 g/mol. The first-order valence-corrected chi connectivity index (χ1v) is 12.6. The van der Waals surface area contributed by atoms with Crippen LogP contribution in [0.15, 0.2) is 16.8 Å². The van der Waals surface area contributed by atoms with E-state index in [1.165, 1.54) is 10.6 Å². The number of hydrogen-bond acceptors (Lipinski definition) is 7. The van der Waals surface area contributed by atoms with E-state index in [4.69, 9.17) is 9.51 Å². The summed E-state index contributed by atoms with van der Waals surface area (Å²) in [7, 11) is -3.22. The molecule has 0 radical (unpaired) electrons. The van der Waals surface area contributed by atoms with Crippen LogP contribution in [0, 0.1) is 19.8 Å². The quantitative estimate of drug-likeness (QED) is 0.708. The molecule has 0 bridgehead atoms. The Morgan fingerprint density at radius 1 is 1.13 bits per heavy atom. The summed E-state index contributed by atoms with van der Waals surface area (Å²) in [6.45, 7) is 5.16. The van der Waals surface area contributed by atoms with Crippen molar-refractivity contribution in [3.63, 3.8) is 0 Å².